The number of imide groups is 1. The van der Waals surface area contributed by atoms with Gasteiger partial charge >= 0.3 is 0 Å². The van der Waals surface area contributed by atoms with Crippen LogP contribution in [0.25, 0.3) is 0 Å². The topological polar surface area (TPSA) is 66.5 Å². The minimum absolute atomic E-state index is 0.0822. The highest BCUT2D eigenvalue weighted by atomic mass is 35.5. The molecule has 1 fully saturated rings. The fraction of sp³-hybridized carbons (Fsp3) is 0.182. The first-order valence-electron chi connectivity index (χ1n) is 5.19. The number of nitrogens with zero attached hydrogens (tertiary/aromatic N) is 1. The largest absolute Gasteiger partial charge is 0.324 e. The predicted molar refractivity (Wildman–Crippen MR) is 74.7 cm³/mol. The van der Waals surface area contributed by atoms with Crippen LogP contribution in [-0.2, 0) is 9.59 Å². The Morgan fingerprint density at radius 3 is 2.63 bits per heavy atom. The molecule has 0 spiro atoms. The Morgan fingerprint density at radius 2 is 2.05 bits per heavy atom. The van der Waals surface area contributed by atoms with Crippen molar-refractivity contribution in [1.82, 2.24) is 4.90 Å². The zero-order valence-electron chi connectivity index (χ0n) is 9.48. The molecule has 0 aromatic heterocycles. The minimum atomic E-state index is -0.470. The Bertz CT molecular complexity index is 549. The molecule has 8 heteroatoms. The molecule has 0 aliphatic carbocycles. The highest BCUT2D eigenvalue weighted by molar-refractivity contribution is 8.14. The van der Waals surface area contributed by atoms with Crippen LogP contribution in [-0.4, -0.2) is 34.3 Å². The van der Waals surface area contributed by atoms with Gasteiger partial charge in [0.25, 0.3) is 5.24 Å². The van der Waals surface area contributed by atoms with Crippen molar-refractivity contribution in [2.75, 3.05) is 17.6 Å². The number of anilines is 1. The van der Waals surface area contributed by atoms with E-state index in [4.69, 9.17) is 23.2 Å². The average Bonchev–Trinajstić information content (AvgIpc) is 2.66. The molecule has 1 aliphatic rings. The molecule has 1 aliphatic heterocycles. The molecule has 0 unspecified atom stereocenters. The first kappa shape index (κ1) is 14.2. The van der Waals surface area contributed by atoms with Crippen molar-refractivity contribution in [2.24, 2.45) is 0 Å². The highest BCUT2D eigenvalue weighted by Crippen LogP contribution is 2.25. The molecule has 2 rings (SSSR count). The molecule has 3 amide bonds. The molecule has 1 N–H and O–H groups in total. The van der Waals surface area contributed by atoms with Crippen LogP contribution in [0.2, 0.25) is 10.0 Å². The van der Waals surface area contributed by atoms with Crippen LogP contribution in [0.15, 0.2) is 18.2 Å². The molecule has 19 heavy (non-hydrogen) atoms. The molecule has 1 saturated heterocycles. The standard InChI is InChI=1S/C11H8Cl2N2O3S/c12-7-2-1-6(3-8(7)13)14-9(16)4-15-10(17)5-19-11(15)18/h1-3H,4-5H2,(H,14,16). The number of hydrogen-bond acceptors (Lipinski definition) is 4. The molecule has 100 valence electrons. The maximum atomic E-state index is 11.7. The third-order valence-corrected chi connectivity index (χ3v) is 3.94. The van der Waals surface area contributed by atoms with Crippen LogP contribution in [0.4, 0.5) is 10.5 Å². The zero-order valence-corrected chi connectivity index (χ0v) is 11.8. The van der Waals surface area contributed by atoms with Gasteiger partial charge in [0, 0.05) is 5.69 Å². The number of hydrogen-bond donors (Lipinski definition) is 1. The number of carbonyl (C=O) groups excluding carboxylic acids is 3. The summed E-state index contributed by atoms with van der Waals surface area (Å²) in [6.45, 7) is -0.301. The van der Waals surface area contributed by atoms with E-state index in [9.17, 15) is 14.4 Å². The van der Waals surface area contributed by atoms with Crippen molar-refractivity contribution in [3.05, 3.63) is 28.2 Å². The number of thioether (sulfide) groups is 1. The van der Waals surface area contributed by atoms with Gasteiger partial charge in [-0.15, -0.1) is 0 Å². The van der Waals surface area contributed by atoms with Crippen LogP contribution in [0.1, 0.15) is 0 Å². The van der Waals surface area contributed by atoms with E-state index in [1.54, 1.807) is 12.1 Å². The second kappa shape index (κ2) is 5.81. The van der Waals surface area contributed by atoms with Crippen molar-refractivity contribution in [1.29, 1.82) is 0 Å². The fourth-order valence-electron chi connectivity index (χ4n) is 1.45. The summed E-state index contributed by atoms with van der Waals surface area (Å²) in [4.78, 5) is 35.3. The molecule has 5 nitrogen and oxygen atoms in total. The van der Waals surface area contributed by atoms with Crippen molar-refractivity contribution >= 4 is 57.7 Å². The number of carbonyl (C=O) groups is 3. The van der Waals surface area contributed by atoms with Crippen LogP contribution in [0.5, 0.6) is 0 Å². The van der Waals surface area contributed by atoms with Crippen LogP contribution >= 0.6 is 35.0 Å². The number of benzene rings is 1. The lowest BCUT2D eigenvalue weighted by Crippen LogP contribution is -2.36. The van der Waals surface area contributed by atoms with Gasteiger partial charge in [0.1, 0.15) is 6.54 Å². The van der Waals surface area contributed by atoms with Gasteiger partial charge < -0.3 is 5.32 Å². The van der Waals surface area contributed by atoms with E-state index in [1.807, 2.05) is 0 Å². The SMILES string of the molecule is O=C(CN1C(=O)CSC1=O)Nc1ccc(Cl)c(Cl)c1. The molecule has 1 aromatic carbocycles. The third-order valence-electron chi connectivity index (χ3n) is 2.35. The van der Waals surface area contributed by atoms with Crippen molar-refractivity contribution in [3.63, 3.8) is 0 Å². The number of halogens is 2. The maximum Gasteiger partial charge on any atom is 0.289 e. The van der Waals surface area contributed by atoms with Gasteiger partial charge in [0.05, 0.1) is 15.8 Å². The summed E-state index contributed by atoms with van der Waals surface area (Å²) < 4.78 is 0. The van der Waals surface area contributed by atoms with Gasteiger partial charge in [-0.3, -0.25) is 19.3 Å². The lowest BCUT2D eigenvalue weighted by atomic mass is 10.3. The Balaban J connectivity index is 1.99. The Kier molecular flexibility index (Phi) is 4.34. The molecule has 1 aromatic rings. The maximum absolute atomic E-state index is 11.7. The second-order valence-electron chi connectivity index (χ2n) is 3.71. The van der Waals surface area contributed by atoms with Crippen LogP contribution < -0.4 is 5.32 Å². The van der Waals surface area contributed by atoms with Gasteiger partial charge in [-0.05, 0) is 18.2 Å². The van der Waals surface area contributed by atoms with Crippen LogP contribution in [0.3, 0.4) is 0 Å². The molecule has 1 heterocycles. The number of rotatable bonds is 3. The summed E-state index contributed by atoms with van der Waals surface area (Å²) in [5.74, 6) is -0.749. The lowest BCUT2D eigenvalue weighted by Gasteiger charge is -2.12. The Labute approximate surface area is 123 Å². The van der Waals surface area contributed by atoms with Crippen molar-refractivity contribution < 1.29 is 14.4 Å². The van der Waals surface area contributed by atoms with Gasteiger partial charge in [0.15, 0.2) is 0 Å². The summed E-state index contributed by atoms with van der Waals surface area (Å²) in [5, 5.41) is 2.82. The van der Waals surface area contributed by atoms with Crippen LogP contribution in [0, 0.1) is 0 Å². The smallest absolute Gasteiger partial charge is 0.289 e. The third kappa shape index (κ3) is 3.40. The molecular formula is C11H8Cl2N2O3S. The summed E-state index contributed by atoms with van der Waals surface area (Å²) in [6.07, 6.45) is 0. The van der Waals surface area contributed by atoms with E-state index < -0.39 is 11.1 Å². The Morgan fingerprint density at radius 1 is 1.32 bits per heavy atom. The Hall–Kier alpha value is -1.24. The first-order valence-corrected chi connectivity index (χ1v) is 6.93. The van der Waals surface area contributed by atoms with E-state index in [0.29, 0.717) is 15.7 Å². The molecular weight excluding hydrogens is 311 g/mol. The quantitative estimate of drug-likeness (QED) is 0.930. The van der Waals surface area contributed by atoms with Gasteiger partial charge in [0.2, 0.25) is 11.8 Å². The van der Waals surface area contributed by atoms with E-state index in [1.165, 1.54) is 6.07 Å². The van der Waals surface area contributed by atoms with Crippen molar-refractivity contribution in [3.8, 4) is 0 Å². The highest BCUT2D eigenvalue weighted by Gasteiger charge is 2.31. The predicted octanol–water partition coefficient (Wildman–Crippen LogP) is 2.63. The molecule has 0 radical (unpaired) electrons. The van der Waals surface area contributed by atoms with E-state index in [0.717, 1.165) is 16.7 Å². The second-order valence-corrected chi connectivity index (χ2v) is 5.45. The zero-order chi connectivity index (χ0) is 14.0. The van der Waals surface area contributed by atoms with E-state index in [-0.39, 0.29) is 18.2 Å². The van der Waals surface area contributed by atoms with Crippen molar-refractivity contribution in [2.45, 2.75) is 0 Å². The van der Waals surface area contributed by atoms with Gasteiger partial charge in [-0.2, -0.15) is 0 Å². The molecule has 0 atom stereocenters. The summed E-state index contributed by atoms with van der Waals surface area (Å²) in [7, 11) is 0. The monoisotopic (exact) mass is 318 g/mol. The number of nitrogens with one attached hydrogen (secondary N) is 1. The first-order chi connectivity index (χ1) is 8.97. The summed E-state index contributed by atoms with van der Waals surface area (Å²) in [5.41, 5.74) is 0.450. The molecule has 0 saturated carbocycles. The average molecular weight is 319 g/mol. The minimum Gasteiger partial charge on any atom is -0.324 e. The van der Waals surface area contributed by atoms with Gasteiger partial charge in [-0.1, -0.05) is 35.0 Å². The summed E-state index contributed by atoms with van der Waals surface area (Å²) >= 11 is 12.4. The molecule has 0 bridgehead atoms. The summed E-state index contributed by atoms with van der Waals surface area (Å²) in [6, 6.07) is 4.61. The fourth-order valence-corrected chi connectivity index (χ4v) is 2.47. The van der Waals surface area contributed by atoms with E-state index in [2.05, 4.69) is 5.32 Å². The number of amides is 3. The normalized spacial score (nSPS) is 14.9. The van der Waals surface area contributed by atoms with Gasteiger partial charge in [-0.25, -0.2) is 0 Å². The lowest BCUT2D eigenvalue weighted by molar-refractivity contribution is -0.128. The van der Waals surface area contributed by atoms with E-state index >= 15 is 0 Å².